The second-order valence-electron chi connectivity index (χ2n) is 5.71. The number of hydrogen-bond acceptors (Lipinski definition) is 3. The van der Waals surface area contributed by atoms with Crippen LogP contribution in [0.1, 0.15) is 26.7 Å². The quantitative estimate of drug-likeness (QED) is 0.728. The average molecular weight is 270 g/mol. The normalized spacial score (nSPS) is 22.8. The van der Waals surface area contributed by atoms with Gasteiger partial charge in [-0.25, -0.2) is 0 Å². The van der Waals surface area contributed by atoms with Crippen molar-refractivity contribution in [2.24, 2.45) is 17.8 Å². The van der Waals surface area contributed by atoms with E-state index in [1.807, 2.05) is 13.8 Å². The van der Waals surface area contributed by atoms with Crippen LogP contribution in [0.3, 0.4) is 0 Å². The van der Waals surface area contributed by atoms with Crippen molar-refractivity contribution in [3.63, 3.8) is 0 Å². The summed E-state index contributed by atoms with van der Waals surface area (Å²) in [5.41, 5.74) is 0. The van der Waals surface area contributed by atoms with Gasteiger partial charge >= 0.3 is 5.97 Å². The number of nitrogens with one attached hydrogen (secondary N) is 1. The molecule has 1 aliphatic rings. The molecule has 0 bridgehead atoms. The molecule has 0 aromatic heterocycles. The lowest BCUT2D eigenvalue weighted by Gasteiger charge is -2.23. The highest BCUT2D eigenvalue weighted by molar-refractivity contribution is 5.93. The van der Waals surface area contributed by atoms with Crippen LogP contribution >= 0.6 is 0 Å². The van der Waals surface area contributed by atoms with Crippen LogP contribution in [0.2, 0.25) is 0 Å². The first-order valence-electron chi connectivity index (χ1n) is 6.48. The summed E-state index contributed by atoms with van der Waals surface area (Å²) in [7, 11) is 3.28. The fraction of sp³-hybridized carbons (Fsp3) is 0.769. The van der Waals surface area contributed by atoms with E-state index in [0.717, 1.165) is 0 Å². The Morgan fingerprint density at radius 3 is 2.21 bits per heavy atom. The van der Waals surface area contributed by atoms with Crippen LogP contribution in [0, 0.1) is 17.8 Å². The minimum absolute atomic E-state index is 0.158. The Balaban J connectivity index is 2.60. The molecule has 108 valence electrons. The Kier molecular flexibility index (Phi) is 4.91. The van der Waals surface area contributed by atoms with Gasteiger partial charge in [0.1, 0.15) is 6.04 Å². The molecule has 3 atom stereocenters. The average Bonchev–Trinajstić information content (AvgIpc) is 3.06. The summed E-state index contributed by atoms with van der Waals surface area (Å²) >= 11 is 0. The van der Waals surface area contributed by atoms with Crippen LogP contribution in [0.4, 0.5) is 0 Å². The number of carboxylic acid groups (broad SMARTS) is 1. The van der Waals surface area contributed by atoms with Crippen molar-refractivity contribution in [3.8, 4) is 0 Å². The minimum atomic E-state index is -0.945. The molecule has 1 rings (SSSR count). The summed E-state index contributed by atoms with van der Waals surface area (Å²) in [6.07, 6.45) is 0.916. The molecule has 0 saturated heterocycles. The second-order valence-corrected chi connectivity index (χ2v) is 5.71. The van der Waals surface area contributed by atoms with Crippen LogP contribution in [-0.2, 0) is 14.4 Å². The molecule has 2 N–H and O–H groups in total. The minimum Gasteiger partial charge on any atom is -0.481 e. The first-order chi connectivity index (χ1) is 8.73. The highest BCUT2D eigenvalue weighted by Crippen LogP contribution is 2.38. The van der Waals surface area contributed by atoms with Crippen LogP contribution < -0.4 is 5.32 Å². The Hall–Kier alpha value is -1.59. The van der Waals surface area contributed by atoms with E-state index >= 15 is 0 Å². The van der Waals surface area contributed by atoms with Gasteiger partial charge in [0.2, 0.25) is 11.8 Å². The molecular formula is C13H22N2O4. The second kappa shape index (κ2) is 6.04. The molecule has 1 aliphatic carbocycles. The van der Waals surface area contributed by atoms with E-state index in [2.05, 4.69) is 5.32 Å². The Bertz CT molecular complexity index is 379. The molecule has 19 heavy (non-hydrogen) atoms. The van der Waals surface area contributed by atoms with Gasteiger partial charge in [0.25, 0.3) is 0 Å². The van der Waals surface area contributed by atoms with Gasteiger partial charge in [-0.2, -0.15) is 0 Å². The van der Waals surface area contributed by atoms with Crippen molar-refractivity contribution in [1.82, 2.24) is 10.2 Å². The van der Waals surface area contributed by atoms with E-state index in [-0.39, 0.29) is 17.7 Å². The van der Waals surface area contributed by atoms with Crippen molar-refractivity contribution >= 4 is 17.8 Å². The van der Waals surface area contributed by atoms with E-state index in [9.17, 15) is 14.4 Å². The molecule has 0 aromatic rings. The number of carboxylic acids is 1. The SMILES string of the molecule is CC(C)CC(NC(=O)[C@@H]1C[C@@H]1C(=O)O)C(=O)N(C)C. The third kappa shape index (κ3) is 4.22. The maximum absolute atomic E-state index is 12.0. The van der Waals surface area contributed by atoms with Crippen LogP contribution in [-0.4, -0.2) is 47.9 Å². The number of amides is 2. The smallest absolute Gasteiger partial charge is 0.307 e. The third-order valence-corrected chi connectivity index (χ3v) is 3.21. The fourth-order valence-electron chi connectivity index (χ4n) is 2.04. The maximum atomic E-state index is 12.0. The molecule has 2 amide bonds. The predicted molar refractivity (Wildman–Crippen MR) is 69.3 cm³/mol. The first-order valence-corrected chi connectivity index (χ1v) is 6.48. The van der Waals surface area contributed by atoms with Gasteiger partial charge in [0, 0.05) is 14.1 Å². The summed E-state index contributed by atoms with van der Waals surface area (Å²) < 4.78 is 0. The van der Waals surface area contributed by atoms with E-state index in [0.29, 0.717) is 12.8 Å². The highest BCUT2D eigenvalue weighted by Gasteiger charge is 2.49. The van der Waals surface area contributed by atoms with E-state index < -0.39 is 23.8 Å². The van der Waals surface area contributed by atoms with Gasteiger partial charge in [-0.1, -0.05) is 13.8 Å². The topological polar surface area (TPSA) is 86.7 Å². The lowest BCUT2D eigenvalue weighted by molar-refractivity contribution is -0.140. The molecule has 1 fully saturated rings. The molecule has 1 unspecified atom stereocenters. The van der Waals surface area contributed by atoms with Crippen LogP contribution in [0.5, 0.6) is 0 Å². The van der Waals surface area contributed by atoms with Crippen molar-refractivity contribution in [3.05, 3.63) is 0 Å². The lowest BCUT2D eigenvalue weighted by Crippen LogP contribution is -2.47. The number of likely N-dealkylation sites (N-methyl/N-ethyl adjacent to an activating group) is 1. The van der Waals surface area contributed by atoms with Gasteiger partial charge in [-0.3, -0.25) is 14.4 Å². The molecule has 0 spiro atoms. The van der Waals surface area contributed by atoms with Gasteiger partial charge in [-0.05, 0) is 18.8 Å². The number of hydrogen-bond donors (Lipinski definition) is 2. The zero-order valence-corrected chi connectivity index (χ0v) is 11.8. The molecular weight excluding hydrogens is 248 g/mol. The Morgan fingerprint density at radius 1 is 1.26 bits per heavy atom. The van der Waals surface area contributed by atoms with Crippen molar-refractivity contribution in [2.75, 3.05) is 14.1 Å². The van der Waals surface area contributed by atoms with Crippen LogP contribution in [0.25, 0.3) is 0 Å². The van der Waals surface area contributed by atoms with Gasteiger partial charge in [0.05, 0.1) is 11.8 Å². The van der Waals surface area contributed by atoms with Crippen LogP contribution in [0.15, 0.2) is 0 Å². The lowest BCUT2D eigenvalue weighted by atomic mass is 10.0. The number of rotatable bonds is 6. The first kappa shape index (κ1) is 15.5. The number of carbonyl (C=O) groups is 3. The summed E-state index contributed by atoms with van der Waals surface area (Å²) in [4.78, 5) is 36.0. The van der Waals surface area contributed by atoms with Crippen molar-refractivity contribution < 1.29 is 19.5 Å². The number of carbonyl (C=O) groups excluding carboxylic acids is 2. The fourth-order valence-corrected chi connectivity index (χ4v) is 2.04. The zero-order chi connectivity index (χ0) is 14.7. The monoisotopic (exact) mass is 270 g/mol. The predicted octanol–water partition coefficient (Wildman–Crippen LogP) is 0.326. The highest BCUT2D eigenvalue weighted by atomic mass is 16.4. The molecule has 0 radical (unpaired) electrons. The van der Waals surface area contributed by atoms with Gasteiger partial charge in [0.15, 0.2) is 0 Å². The molecule has 6 heteroatoms. The summed E-state index contributed by atoms with van der Waals surface area (Å²) in [5.74, 6) is -2.23. The zero-order valence-electron chi connectivity index (χ0n) is 11.8. The molecule has 1 saturated carbocycles. The van der Waals surface area contributed by atoms with E-state index in [1.165, 1.54) is 4.90 Å². The van der Waals surface area contributed by atoms with Gasteiger partial charge in [-0.15, -0.1) is 0 Å². The standard InChI is InChI=1S/C13H22N2O4/c1-7(2)5-10(12(17)15(3)4)14-11(16)8-6-9(8)13(18)19/h7-10H,5-6H2,1-4H3,(H,14,16)(H,18,19)/t8-,9+,10?/m1/s1. The van der Waals surface area contributed by atoms with Gasteiger partial charge < -0.3 is 15.3 Å². The van der Waals surface area contributed by atoms with E-state index in [4.69, 9.17) is 5.11 Å². The molecule has 0 aliphatic heterocycles. The Morgan fingerprint density at radius 2 is 1.84 bits per heavy atom. The largest absolute Gasteiger partial charge is 0.481 e. The van der Waals surface area contributed by atoms with Crippen molar-refractivity contribution in [2.45, 2.75) is 32.7 Å². The molecule has 6 nitrogen and oxygen atoms in total. The number of nitrogens with zero attached hydrogens (tertiary/aromatic N) is 1. The van der Waals surface area contributed by atoms with E-state index in [1.54, 1.807) is 14.1 Å². The summed E-state index contributed by atoms with van der Waals surface area (Å²) in [6.45, 7) is 3.94. The maximum Gasteiger partial charge on any atom is 0.307 e. The summed E-state index contributed by atoms with van der Waals surface area (Å²) in [6, 6.07) is -0.572. The Labute approximate surface area is 113 Å². The molecule has 0 aromatic carbocycles. The van der Waals surface area contributed by atoms with Crippen molar-refractivity contribution in [1.29, 1.82) is 0 Å². The third-order valence-electron chi connectivity index (χ3n) is 3.21. The molecule has 0 heterocycles. The number of aliphatic carboxylic acids is 1. The summed E-state index contributed by atoms with van der Waals surface area (Å²) in [5, 5.41) is 11.5.